The lowest BCUT2D eigenvalue weighted by atomic mass is 10.1. The minimum Gasteiger partial charge on any atom is -0.381 e. The molecule has 0 aliphatic heterocycles. The van der Waals surface area contributed by atoms with Crippen LogP contribution in [0.25, 0.3) is 16.9 Å². The first-order valence-electron chi connectivity index (χ1n) is 8.04. The van der Waals surface area contributed by atoms with Crippen molar-refractivity contribution in [2.75, 3.05) is 5.73 Å². The summed E-state index contributed by atoms with van der Waals surface area (Å²) < 4.78 is 28.4. The number of rotatable bonds is 3. The van der Waals surface area contributed by atoms with Gasteiger partial charge in [-0.15, -0.1) is 0 Å². The zero-order valence-corrected chi connectivity index (χ0v) is 13.9. The van der Waals surface area contributed by atoms with Gasteiger partial charge in [0.15, 0.2) is 28.9 Å². The largest absolute Gasteiger partial charge is 0.381 e. The van der Waals surface area contributed by atoms with Crippen molar-refractivity contribution in [3.8, 4) is 11.3 Å². The Balaban J connectivity index is 1.82. The van der Waals surface area contributed by atoms with E-state index in [1.807, 2.05) is 30.3 Å². The molecule has 2 heterocycles. The summed E-state index contributed by atoms with van der Waals surface area (Å²) in [6.07, 6.45) is 0.557. The third-order valence-electron chi connectivity index (χ3n) is 4.17. The Morgan fingerprint density at radius 3 is 2.50 bits per heavy atom. The standard InChI is InChI=1S/C19H15F2N5/c1-11-17(13-7-8-14(20)15(21)10-13)24-18(22)19-23-16(25-26(11)19)9-12-5-3-2-4-6-12/h2-8,10H,9H2,1H3,(H2,22,24). The second-order valence-electron chi connectivity index (χ2n) is 5.99. The molecule has 4 rings (SSSR count). The van der Waals surface area contributed by atoms with Crippen LogP contribution >= 0.6 is 0 Å². The maximum Gasteiger partial charge on any atom is 0.198 e. The molecule has 0 atom stereocenters. The van der Waals surface area contributed by atoms with Gasteiger partial charge in [-0.3, -0.25) is 0 Å². The molecule has 2 N–H and O–H groups in total. The number of benzene rings is 2. The fourth-order valence-corrected chi connectivity index (χ4v) is 2.88. The highest BCUT2D eigenvalue weighted by Gasteiger charge is 2.16. The van der Waals surface area contributed by atoms with Gasteiger partial charge < -0.3 is 5.73 Å². The fraction of sp³-hybridized carbons (Fsp3) is 0.105. The van der Waals surface area contributed by atoms with Crippen LogP contribution < -0.4 is 5.73 Å². The average molecular weight is 351 g/mol. The monoisotopic (exact) mass is 351 g/mol. The topological polar surface area (TPSA) is 69.1 Å². The predicted molar refractivity (Wildman–Crippen MR) is 94.5 cm³/mol. The molecule has 0 radical (unpaired) electrons. The number of nitrogens with zero attached hydrogens (tertiary/aromatic N) is 4. The maximum absolute atomic E-state index is 13.6. The van der Waals surface area contributed by atoms with Crippen LogP contribution in [-0.2, 0) is 6.42 Å². The summed E-state index contributed by atoms with van der Waals surface area (Å²) in [7, 11) is 0. The van der Waals surface area contributed by atoms with Crippen molar-refractivity contribution in [1.29, 1.82) is 0 Å². The van der Waals surface area contributed by atoms with Gasteiger partial charge >= 0.3 is 0 Å². The Labute approximate surface area is 148 Å². The van der Waals surface area contributed by atoms with Crippen molar-refractivity contribution in [3.05, 3.63) is 77.2 Å². The zero-order chi connectivity index (χ0) is 18.3. The molecule has 2 aromatic carbocycles. The number of hydrogen-bond donors (Lipinski definition) is 1. The van der Waals surface area contributed by atoms with Crippen molar-refractivity contribution in [1.82, 2.24) is 19.6 Å². The second kappa shape index (κ2) is 6.18. The molecule has 26 heavy (non-hydrogen) atoms. The molecule has 0 aliphatic carbocycles. The van der Waals surface area contributed by atoms with Crippen molar-refractivity contribution >= 4 is 11.5 Å². The first kappa shape index (κ1) is 16.1. The Morgan fingerprint density at radius 1 is 1.00 bits per heavy atom. The Morgan fingerprint density at radius 2 is 1.77 bits per heavy atom. The Bertz CT molecular complexity index is 1110. The molecule has 0 amide bonds. The van der Waals surface area contributed by atoms with Gasteiger partial charge in [0.2, 0.25) is 0 Å². The van der Waals surface area contributed by atoms with Crippen LogP contribution in [0.15, 0.2) is 48.5 Å². The Hall–Kier alpha value is -3.35. The van der Waals surface area contributed by atoms with E-state index in [2.05, 4.69) is 15.1 Å². The molecule has 0 aliphatic rings. The van der Waals surface area contributed by atoms with Crippen LogP contribution in [0.2, 0.25) is 0 Å². The van der Waals surface area contributed by atoms with Gasteiger partial charge in [0.1, 0.15) is 0 Å². The second-order valence-corrected chi connectivity index (χ2v) is 5.99. The number of aromatic nitrogens is 4. The van der Waals surface area contributed by atoms with E-state index in [-0.39, 0.29) is 5.82 Å². The van der Waals surface area contributed by atoms with Crippen LogP contribution in [0.3, 0.4) is 0 Å². The molecule has 0 saturated heterocycles. The maximum atomic E-state index is 13.6. The smallest absolute Gasteiger partial charge is 0.198 e. The molecule has 130 valence electrons. The quantitative estimate of drug-likeness (QED) is 0.613. The van der Waals surface area contributed by atoms with Crippen molar-refractivity contribution in [2.45, 2.75) is 13.3 Å². The van der Waals surface area contributed by atoms with E-state index in [1.54, 1.807) is 11.4 Å². The summed E-state index contributed by atoms with van der Waals surface area (Å²) in [5.41, 5.74) is 9.06. The third kappa shape index (κ3) is 2.77. The molecule has 0 fully saturated rings. The van der Waals surface area contributed by atoms with Crippen LogP contribution in [0.5, 0.6) is 0 Å². The number of aryl methyl sites for hydroxylation is 1. The van der Waals surface area contributed by atoms with Gasteiger partial charge in [-0.25, -0.2) is 23.3 Å². The molecule has 7 heteroatoms. The molecular weight excluding hydrogens is 336 g/mol. The van der Waals surface area contributed by atoms with E-state index in [1.165, 1.54) is 6.07 Å². The molecule has 4 aromatic rings. The zero-order valence-electron chi connectivity index (χ0n) is 13.9. The van der Waals surface area contributed by atoms with Gasteiger partial charge in [-0.2, -0.15) is 5.10 Å². The van der Waals surface area contributed by atoms with E-state index in [4.69, 9.17) is 5.73 Å². The molecule has 0 saturated carbocycles. The van der Waals surface area contributed by atoms with Crippen molar-refractivity contribution in [2.24, 2.45) is 0 Å². The molecular formula is C19H15F2N5. The van der Waals surface area contributed by atoms with E-state index in [9.17, 15) is 8.78 Å². The summed E-state index contributed by atoms with van der Waals surface area (Å²) in [5, 5.41) is 4.51. The van der Waals surface area contributed by atoms with Gasteiger partial charge in [0.25, 0.3) is 0 Å². The summed E-state index contributed by atoms with van der Waals surface area (Å²) in [4.78, 5) is 8.79. The highest BCUT2D eigenvalue weighted by Crippen LogP contribution is 2.26. The minimum atomic E-state index is -0.939. The van der Waals surface area contributed by atoms with Crippen LogP contribution in [-0.4, -0.2) is 19.6 Å². The summed E-state index contributed by atoms with van der Waals surface area (Å²) in [6.45, 7) is 1.79. The van der Waals surface area contributed by atoms with Gasteiger partial charge in [0.05, 0.1) is 11.4 Å². The van der Waals surface area contributed by atoms with Crippen LogP contribution in [0.1, 0.15) is 17.1 Å². The van der Waals surface area contributed by atoms with Crippen molar-refractivity contribution in [3.63, 3.8) is 0 Å². The molecule has 0 unspecified atom stereocenters. The number of nitrogen functional groups attached to an aromatic ring is 1. The molecule has 0 spiro atoms. The number of anilines is 1. The first-order chi connectivity index (χ1) is 12.5. The van der Waals surface area contributed by atoms with E-state index in [0.717, 1.165) is 17.7 Å². The Kier molecular flexibility index (Phi) is 3.84. The van der Waals surface area contributed by atoms with Gasteiger partial charge in [-0.1, -0.05) is 30.3 Å². The lowest BCUT2D eigenvalue weighted by Crippen LogP contribution is -2.05. The first-order valence-corrected chi connectivity index (χ1v) is 8.04. The molecule has 0 bridgehead atoms. The summed E-state index contributed by atoms with van der Waals surface area (Å²) in [6, 6.07) is 13.5. The van der Waals surface area contributed by atoms with Crippen LogP contribution in [0, 0.1) is 18.6 Å². The predicted octanol–water partition coefficient (Wildman–Crippen LogP) is 3.55. The van der Waals surface area contributed by atoms with Gasteiger partial charge in [-0.05, 0) is 30.7 Å². The SMILES string of the molecule is Cc1c(-c2ccc(F)c(F)c2)nc(N)c2nc(Cc3ccccc3)nn12. The normalized spacial score (nSPS) is 11.2. The molecule has 2 aromatic heterocycles. The highest BCUT2D eigenvalue weighted by atomic mass is 19.2. The van der Waals surface area contributed by atoms with Gasteiger partial charge in [0, 0.05) is 12.0 Å². The minimum absolute atomic E-state index is 0.183. The van der Waals surface area contributed by atoms with E-state index >= 15 is 0 Å². The van der Waals surface area contributed by atoms with Crippen molar-refractivity contribution < 1.29 is 8.78 Å². The summed E-state index contributed by atoms with van der Waals surface area (Å²) in [5.74, 6) is -1.06. The van der Waals surface area contributed by atoms with E-state index in [0.29, 0.717) is 34.8 Å². The number of halogens is 2. The average Bonchev–Trinajstić information content (AvgIpc) is 3.06. The van der Waals surface area contributed by atoms with Crippen LogP contribution in [0.4, 0.5) is 14.6 Å². The third-order valence-corrected chi connectivity index (χ3v) is 4.17. The highest BCUT2D eigenvalue weighted by molar-refractivity contribution is 5.69. The number of hydrogen-bond acceptors (Lipinski definition) is 4. The molecule has 5 nitrogen and oxygen atoms in total. The number of nitrogens with two attached hydrogens (primary N) is 1. The number of fused-ring (bicyclic) bond motifs is 1. The lowest BCUT2D eigenvalue weighted by Gasteiger charge is -2.08. The van der Waals surface area contributed by atoms with E-state index < -0.39 is 11.6 Å². The lowest BCUT2D eigenvalue weighted by molar-refractivity contribution is 0.509. The fourth-order valence-electron chi connectivity index (χ4n) is 2.88. The summed E-state index contributed by atoms with van der Waals surface area (Å²) >= 11 is 0.